The second-order valence-electron chi connectivity index (χ2n) is 6.97. The van der Waals surface area contributed by atoms with Crippen molar-refractivity contribution in [3.63, 3.8) is 0 Å². The maximum atomic E-state index is 14.8. The van der Waals surface area contributed by atoms with Crippen molar-refractivity contribution in [1.82, 2.24) is 4.98 Å². The van der Waals surface area contributed by atoms with Crippen LogP contribution in [-0.2, 0) is 15.6 Å². The Kier molecular flexibility index (Phi) is 6.85. The van der Waals surface area contributed by atoms with Crippen LogP contribution in [0.1, 0.15) is 10.6 Å². The zero-order valence-electron chi connectivity index (χ0n) is 16.5. The largest absolute Gasteiger partial charge is 0.373 e. The van der Waals surface area contributed by atoms with Gasteiger partial charge in [0.15, 0.2) is 9.84 Å². The van der Waals surface area contributed by atoms with Crippen molar-refractivity contribution in [2.75, 3.05) is 5.75 Å². The van der Waals surface area contributed by atoms with Crippen LogP contribution in [-0.4, -0.2) is 37.4 Å². The van der Waals surface area contributed by atoms with Crippen molar-refractivity contribution in [3.8, 4) is 6.07 Å². The Bertz CT molecular complexity index is 1300. The van der Waals surface area contributed by atoms with Gasteiger partial charge in [-0.2, -0.15) is 22.8 Å². The van der Waals surface area contributed by atoms with Crippen molar-refractivity contribution in [2.45, 2.75) is 24.0 Å². The summed E-state index contributed by atoms with van der Waals surface area (Å²) in [6.45, 7) is 0. The van der Waals surface area contributed by atoms with Gasteiger partial charge in [0.05, 0.1) is 27.3 Å². The van der Waals surface area contributed by atoms with Crippen LogP contribution in [0.3, 0.4) is 0 Å². The Hall–Kier alpha value is -2.91. The highest BCUT2D eigenvalue weighted by molar-refractivity contribution is 7.90. The average Bonchev–Trinajstić information content (AvgIpc) is 3.17. The molecule has 0 saturated heterocycles. The van der Waals surface area contributed by atoms with Gasteiger partial charge >= 0.3 is 18.3 Å². The predicted octanol–water partition coefficient (Wildman–Crippen LogP) is 5.72. The van der Waals surface area contributed by atoms with Gasteiger partial charge in [0.25, 0.3) is 0 Å². The molecule has 1 aromatic heterocycles. The zero-order valence-corrected chi connectivity index (χ0v) is 18.1. The lowest BCUT2D eigenvalue weighted by molar-refractivity contribution is -0.246. The number of hydrogen-bond donors (Lipinski definition) is 0. The molecule has 0 N–H and O–H groups in total. The molecule has 0 spiro atoms. The number of nitrogens with zero attached hydrogens (tertiary/aromatic N) is 2. The third-order valence-corrected chi connectivity index (χ3v) is 7.14. The molecule has 3 aromatic rings. The maximum Gasteiger partial charge on any atom is 0.373 e. The lowest BCUT2D eigenvalue weighted by Crippen LogP contribution is -2.49. The molecule has 0 radical (unpaired) electrons. The Morgan fingerprint density at radius 2 is 1.64 bits per heavy atom. The Balaban J connectivity index is 2.20. The molecule has 0 aliphatic rings. The number of alkyl halides is 6. The van der Waals surface area contributed by atoms with E-state index >= 15 is 0 Å². The lowest BCUT2D eigenvalue weighted by Gasteiger charge is -2.28. The molecule has 33 heavy (non-hydrogen) atoms. The minimum absolute atomic E-state index is 0.166. The molecule has 0 atom stereocenters. The number of thiazole rings is 1. The van der Waals surface area contributed by atoms with Gasteiger partial charge in [-0.3, -0.25) is 0 Å². The first-order valence-corrected chi connectivity index (χ1v) is 11.8. The first kappa shape index (κ1) is 24.7. The topological polar surface area (TPSA) is 70.8 Å². The van der Waals surface area contributed by atoms with Gasteiger partial charge in [0, 0.05) is 5.57 Å². The first-order valence-electron chi connectivity index (χ1n) is 9.17. The molecule has 0 amide bonds. The summed E-state index contributed by atoms with van der Waals surface area (Å²) >= 11 is 0.671. The molecule has 4 nitrogen and oxygen atoms in total. The summed E-state index contributed by atoms with van der Waals surface area (Å²) in [7, 11) is -4.59. The number of nitriles is 1. The highest BCUT2D eigenvalue weighted by Crippen LogP contribution is 2.47. The molecule has 12 heteroatoms. The minimum Gasteiger partial charge on any atom is -0.235 e. The summed E-state index contributed by atoms with van der Waals surface area (Å²) in [6.07, 6.45) is -4.81. The van der Waals surface area contributed by atoms with E-state index in [9.17, 15) is 40.0 Å². The highest BCUT2D eigenvalue weighted by Gasteiger charge is 2.65. The summed E-state index contributed by atoms with van der Waals surface area (Å²) in [4.78, 5) is 3.94. The number of allylic oxidation sites excluding steroid dienone is 1. The number of aromatic nitrogens is 1. The lowest BCUT2D eigenvalue weighted by atomic mass is 9.99. The molecule has 174 valence electrons. The highest BCUT2D eigenvalue weighted by atomic mass is 32.2. The van der Waals surface area contributed by atoms with Crippen molar-refractivity contribution in [2.24, 2.45) is 0 Å². The quantitative estimate of drug-likeness (QED) is 0.291. The number of halogens is 6. The van der Waals surface area contributed by atoms with E-state index in [0.717, 1.165) is 0 Å². The molecular formula is C21H14F6N2O2S2. The van der Waals surface area contributed by atoms with Crippen molar-refractivity contribution in [3.05, 3.63) is 70.7 Å². The van der Waals surface area contributed by atoms with E-state index in [0.29, 0.717) is 16.0 Å². The smallest absolute Gasteiger partial charge is 0.235 e. The fraction of sp³-hybridized carbons (Fsp3) is 0.238. The van der Waals surface area contributed by atoms with E-state index in [1.807, 2.05) is 0 Å². The van der Waals surface area contributed by atoms with E-state index in [4.69, 9.17) is 0 Å². The number of para-hydroxylation sites is 1. The van der Waals surface area contributed by atoms with E-state index in [1.54, 1.807) is 18.2 Å². The van der Waals surface area contributed by atoms with Crippen molar-refractivity contribution in [1.29, 1.82) is 5.26 Å². The molecule has 3 rings (SSSR count). The molecule has 2 aromatic carbocycles. The standard InChI is InChI=1S/C21H14F6N2O2S2/c22-19(23)21(26,27)20(24,25)15(12-33(30,31)11-13-6-2-1-3-7-13)14(10-28)18-29-16-8-4-5-9-17(16)32-18/h1-9,19H,11-12H2. The average molecular weight is 504 g/mol. The summed E-state index contributed by atoms with van der Waals surface area (Å²) in [5.41, 5.74) is -2.71. The monoisotopic (exact) mass is 504 g/mol. The molecule has 1 heterocycles. The predicted molar refractivity (Wildman–Crippen MR) is 112 cm³/mol. The van der Waals surface area contributed by atoms with Crippen LogP contribution in [0.2, 0.25) is 0 Å². The molecular weight excluding hydrogens is 490 g/mol. The summed E-state index contributed by atoms with van der Waals surface area (Å²) in [5, 5.41) is 9.05. The van der Waals surface area contributed by atoms with E-state index in [1.165, 1.54) is 42.5 Å². The Morgan fingerprint density at radius 3 is 2.21 bits per heavy atom. The van der Waals surface area contributed by atoms with Crippen LogP contribution in [0.25, 0.3) is 15.8 Å². The van der Waals surface area contributed by atoms with Crippen LogP contribution in [0, 0.1) is 11.3 Å². The molecule has 0 aliphatic carbocycles. The van der Waals surface area contributed by atoms with Gasteiger partial charge in [-0.25, -0.2) is 22.2 Å². The molecule has 0 saturated carbocycles. The summed E-state index contributed by atoms with van der Waals surface area (Å²) < 4.78 is 109. The van der Waals surface area contributed by atoms with Crippen molar-refractivity contribution < 1.29 is 34.8 Å². The van der Waals surface area contributed by atoms with Crippen LogP contribution in [0.15, 0.2) is 60.2 Å². The van der Waals surface area contributed by atoms with Gasteiger partial charge in [0.2, 0.25) is 0 Å². The normalized spacial score (nSPS) is 13.8. The molecule has 0 unspecified atom stereocenters. The van der Waals surface area contributed by atoms with E-state index < -0.39 is 55.8 Å². The van der Waals surface area contributed by atoms with Crippen LogP contribution in [0.5, 0.6) is 0 Å². The minimum atomic E-state index is -5.93. The third-order valence-electron chi connectivity index (χ3n) is 4.59. The number of sulfone groups is 1. The van der Waals surface area contributed by atoms with Crippen molar-refractivity contribution >= 4 is 37.0 Å². The van der Waals surface area contributed by atoms with Crippen LogP contribution >= 0.6 is 11.3 Å². The molecule has 0 fully saturated rings. The van der Waals surface area contributed by atoms with Crippen LogP contribution < -0.4 is 0 Å². The summed E-state index contributed by atoms with van der Waals surface area (Å²) in [6, 6.07) is 14.6. The van der Waals surface area contributed by atoms with Gasteiger partial charge in [0.1, 0.15) is 11.1 Å². The number of hydrogen-bond acceptors (Lipinski definition) is 5. The fourth-order valence-corrected chi connectivity index (χ4v) is 5.54. The number of rotatable bonds is 8. The second kappa shape index (κ2) is 9.15. The second-order valence-corrected chi connectivity index (χ2v) is 10.1. The third kappa shape index (κ3) is 5.04. The van der Waals surface area contributed by atoms with Gasteiger partial charge in [-0.1, -0.05) is 42.5 Å². The molecule has 0 bridgehead atoms. The van der Waals surface area contributed by atoms with Gasteiger partial charge < -0.3 is 0 Å². The van der Waals surface area contributed by atoms with E-state index in [-0.39, 0.29) is 11.1 Å². The van der Waals surface area contributed by atoms with Gasteiger partial charge in [-0.05, 0) is 17.7 Å². The summed E-state index contributed by atoms with van der Waals surface area (Å²) in [5.74, 6) is -14.1. The fourth-order valence-electron chi connectivity index (χ4n) is 2.98. The molecule has 0 aliphatic heterocycles. The zero-order chi connectivity index (χ0) is 24.4. The maximum absolute atomic E-state index is 14.8. The first-order chi connectivity index (χ1) is 15.4. The Labute approximate surface area is 188 Å². The Morgan fingerprint density at radius 1 is 1.03 bits per heavy atom. The number of fused-ring (bicyclic) bond motifs is 1. The van der Waals surface area contributed by atoms with Gasteiger partial charge in [-0.15, -0.1) is 11.3 Å². The SMILES string of the molecule is N#CC(=C(CS(=O)(=O)Cc1ccccc1)C(F)(F)C(F)(F)C(F)F)c1nc2ccccc2s1. The number of benzene rings is 2. The van der Waals surface area contributed by atoms with Crippen LogP contribution in [0.4, 0.5) is 26.3 Å². The van der Waals surface area contributed by atoms with E-state index in [2.05, 4.69) is 4.98 Å².